The molecule has 7 N–H and O–H groups in total. The molecular formula is C20H26N6O3S. The molecule has 3 aromatic rings. The number of aliphatic hydroxyl groups excluding tert-OH is 1. The Morgan fingerprint density at radius 1 is 1.23 bits per heavy atom. The summed E-state index contributed by atoms with van der Waals surface area (Å²) in [4.78, 5) is 11.6. The minimum atomic E-state index is -3.77. The summed E-state index contributed by atoms with van der Waals surface area (Å²) in [5.74, 6) is 0.222. The van der Waals surface area contributed by atoms with Gasteiger partial charge in [0.25, 0.3) is 10.0 Å². The number of fused-ring (bicyclic) bond motifs is 1. The highest BCUT2D eigenvalue weighted by Crippen LogP contribution is 2.19. The quantitative estimate of drug-likeness (QED) is 0.206. The maximum Gasteiger partial charge on any atom is 0.264 e. The van der Waals surface area contributed by atoms with Crippen LogP contribution in [-0.2, 0) is 10.0 Å². The molecule has 0 fully saturated rings. The molecule has 160 valence electrons. The van der Waals surface area contributed by atoms with E-state index in [2.05, 4.69) is 19.7 Å². The van der Waals surface area contributed by atoms with Gasteiger partial charge in [-0.15, -0.1) is 0 Å². The number of imidazole rings is 1. The first-order valence-corrected chi connectivity index (χ1v) is 11.0. The van der Waals surface area contributed by atoms with Crippen LogP contribution < -0.4 is 16.2 Å². The third-order valence-electron chi connectivity index (χ3n) is 4.64. The van der Waals surface area contributed by atoms with Crippen molar-refractivity contribution < 1.29 is 13.5 Å². The van der Waals surface area contributed by atoms with Crippen LogP contribution in [0.3, 0.4) is 0 Å². The van der Waals surface area contributed by atoms with E-state index in [0.29, 0.717) is 18.7 Å². The number of rotatable bonds is 8. The van der Waals surface area contributed by atoms with Crippen LogP contribution in [0.1, 0.15) is 30.3 Å². The number of aliphatic imine (C=N–C) groups is 1. The first kappa shape index (κ1) is 21.8. The Hall–Kier alpha value is -2.95. The topological polar surface area (TPSA) is 159 Å². The molecule has 3 rings (SSSR count). The number of hydrogen-bond acceptors (Lipinski definition) is 6. The number of aromatic nitrogens is 2. The summed E-state index contributed by atoms with van der Waals surface area (Å²) in [6.07, 6.45) is 0.0317. The number of aryl methyl sites for hydroxylation is 1. The second kappa shape index (κ2) is 9.24. The van der Waals surface area contributed by atoms with Gasteiger partial charge >= 0.3 is 0 Å². The molecule has 1 aromatic heterocycles. The predicted octanol–water partition coefficient (Wildman–Crippen LogP) is 1.31. The van der Waals surface area contributed by atoms with Crippen molar-refractivity contribution in [1.29, 1.82) is 0 Å². The summed E-state index contributed by atoms with van der Waals surface area (Å²) >= 11 is 0. The zero-order valence-electron chi connectivity index (χ0n) is 16.6. The molecule has 0 saturated carbocycles. The van der Waals surface area contributed by atoms with E-state index in [4.69, 9.17) is 11.5 Å². The third kappa shape index (κ3) is 5.35. The van der Waals surface area contributed by atoms with Crippen LogP contribution in [0.25, 0.3) is 11.0 Å². The van der Waals surface area contributed by atoms with E-state index >= 15 is 0 Å². The molecule has 2 atom stereocenters. The van der Waals surface area contributed by atoms with Crippen LogP contribution in [0.5, 0.6) is 0 Å². The first-order chi connectivity index (χ1) is 14.3. The molecule has 0 bridgehead atoms. The Morgan fingerprint density at radius 3 is 2.63 bits per heavy atom. The highest BCUT2D eigenvalue weighted by molar-refractivity contribution is 7.90. The number of aliphatic hydroxyl groups is 1. The van der Waals surface area contributed by atoms with E-state index < -0.39 is 22.2 Å². The smallest absolute Gasteiger partial charge is 0.264 e. The number of benzene rings is 2. The summed E-state index contributed by atoms with van der Waals surface area (Å²) in [6, 6.07) is 13.3. The van der Waals surface area contributed by atoms with Crippen molar-refractivity contribution in [3.63, 3.8) is 0 Å². The van der Waals surface area contributed by atoms with Crippen molar-refractivity contribution in [3.05, 3.63) is 59.9 Å². The number of hydrogen-bond donors (Lipinski definition) is 5. The van der Waals surface area contributed by atoms with Gasteiger partial charge in [-0.2, -0.15) is 0 Å². The molecule has 1 unspecified atom stereocenters. The average Bonchev–Trinajstić information content (AvgIpc) is 3.14. The van der Waals surface area contributed by atoms with Gasteiger partial charge in [0.15, 0.2) is 0 Å². The van der Waals surface area contributed by atoms with Gasteiger partial charge in [0, 0.05) is 12.6 Å². The predicted molar refractivity (Wildman–Crippen MR) is 116 cm³/mol. The van der Waals surface area contributed by atoms with Gasteiger partial charge in [-0.25, -0.2) is 18.1 Å². The fourth-order valence-electron chi connectivity index (χ4n) is 2.95. The van der Waals surface area contributed by atoms with Gasteiger partial charge in [-0.05, 0) is 44.0 Å². The van der Waals surface area contributed by atoms with Crippen molar-refractivity contribution in [3.8, 4) is 0 Å². The molecule has 0 aliphatic carbocycles. The molecule has 1 heterocycles. The maximum absolute atomic E-state index is 12.3. The van der Waals surface area contributed by atoms with Crippen LogP contribution in [0.4, 0.5) is 0 Å². The molecule has 0 aliphatic heterocycles. The lowest BCUT2D eigenvalue weighted by atomic mass is 10.1. The average molecular weight is 431 g/mol. The second-order valence-electron chi connectivity index (χ2n) is 7.08. The number of guanidine groups is 1. The number of nitrogens with zero attached hydrogens (tertiary/aromatic N) is 2. The van der Waals surface area contributed by atoms with E-state index in [1.807, 2.05) is 31.2 Å². The highest BCUT2D eigenvalue weighted by Gasteiger charge is 2.20. The van der Waals surface area contributed by atoms with E-state index in [1.54, 1.807) is 12.1 Å². The van der Waals surface area contributed by atoms with E-state index in [1.165, 1.54) is 12.1 Å². The van der Waals surface area contributed by atoms with Gasteiger partial charge in [0.2, 0.25) is 5.96 Å². The molecule has 0 saturated heterocycles. The molecule has 0 radical (unpaired) electrons. The Bertz CT molecular complexity index is 1090. The summed E-state index contributed by atoms with van der Waals surface area (Å²) in [5.41, 5.74) is 14.3. The molecule has 30 heavy (non-hydrogen) atoms. The second-order valence-corrected chi connectivity index (χ2v) is 8.76. The SMILES string of the molecule is Cc1ccc(S(=O)(=O)NC(N)=NCCC[C@H](N)C(O)c2nc3ccccc3[nH]2)cc1. The van der Waals surface area contributed by atoms with Crippen molar-refractivity contribution in [2.45, 2.75) is 36.8 Å². The minimum Gasteiger partial charge on any atom is -0.384 e. The van der Waals surface area contributed by atoms with E-state index in [-0.39, 0.29) is 17.4 Å². The zero-order valence-corrected chi connectivity index (χ0v) is 17.4. The number of aromatic amines is 1. The molecule has 0 aliphatic rings. The largest absolute Gasteiger partial charge is 0.384 e. The van der Waals surface area contributed by atoms with Crippen LogP contribution in [0, 0.1) is 6.92 Å². The molecule has 0 amide bonds. The summed E-state index contributed by atoms with van der Waals surface area (Å²) in [6.45, 7) is 2.14. The van der Waals surface area contributed by atoms with Crippen molar-refractivity contribution in [2.24, 2.45) is 16.5 Å². The lowest BCUT2D eigenvalue weighted by molar-refractivity contribution is 0.133. The molecule has 10 heteroatoms. The number of sulfonamides is 1. The molecule has 0 spiro atoms. The van der Waals surface area contributed by atoms with E-state index in [0.717, 1.165) is 16.6 Å². The monoisotopic (exact) mass is 430 g/mol. The number of nitrogens with two attached hydrogens (primary N) is 2. The van der Waals surface area contributed by atoms with Crippen molar-refractivity contribution in [2.75, 3.05) is 6.54 Å². The maximum atomic E-state index is 12.3. The zero-order chi connectivity index (χ0) is 21.7. The van der Waals surface area contributed by atoms with Crippen LogP contribution >= 0.6 is 0 Å². The lowest BCUT2D eigenvalue weighted by Crippen LogP contribution is -2.37. The lowest BCUT2D eigenvalue weighted by Gasteiger charge is -2.16. The van der Waals surface area contributed by atoms with Gasteiger partial charge in [0.05, 0.1) is 15.9 Å². The van der Waals surface area contributed by atoms with Gasteiger partial charge < -0.3 is 21.6 Å². The minimum absolute atomic E-state index is 0.113. The standard InChI is InChI=1S/C20H26N6O3S/c1-13-8-10-14(11-9-13)30(28,29)26-20(22)23-12-4-5-15(21)18(27)19-24-16-6-2-3-7-17(16)25-19/h2-3,6-11,15,18,27H,4-5,12,21H2,1H3,(H,24,25)(H3,22,23,26)/t15-,18?/m0/s1. The normalized spacial score (nSPS) is 14.6. The number of para-hydroxylation sites is 2. The Balaban J connectivity index is 1.50. The van der Waals surface area contributed by atoms with Crippen LogP contribution in [-0.4, -0.2) is 42.0 Å². The summed E-state index contributed by atoms with van der Waals surface area (Å²) in [5, 5.41) is 10.4. The summed E-state index contributed by atoms with van der Waals surface area (Å²) < 4.78 is 26.8. The van der Waals surface area contributed by atoms with Crippen LogP contribution in [0.15, 0.2) is 58.4 Å². The fourth-order valence-corrected chi connectivity index (χ4v) is 3.90. The summed E-state index contributed by atoms with van der Waals surface area (Å²) in [7, 11) is -3.77. The van der Waals surface area contributed by atoms with Gasteiger partial charge in [0.1, 0.15) is 11.9 Å². The molecular weight excluding hydrogens is 404 g/mol. The fraction of sp³-hybridized carbons (Fsp3) is 0.300. The van der Waals surface area contributed by atoms with Crippen molar-refractivity contribution >= 4 is 27.0 Å². The first-order valence-electron chi connectivity index (χ1n) is 9.54. The van der Waals surface area contributed by atoms with Crippen molar-refractivity contribution in [1.82, 2.24) is 14.7 Å². The molecule has 9 nitrogen and oxygen atoms in total. The molecule has 2 aromatic carbocycles. The Morgan fingerprint density at radius 2 is 1.93 bits per heavy atom. The third-order valence-corrected chi connectivity index (χ3v) is 6.01. The highest BCUT2D eigenvalue weighted by atomic mass is 32.2. The number of nitrogens with one attached hydrogen (secondary N) is 2. The van der Waals surface area contributed by atoms with Crippen LogP contribution in [0.2, 0.25) is 0 Å². The van der Waals surface area contributed by atoms with E-state index in [9.17, 15) is 13.5 Å². The Labute approximate surface area is 175 Å². The van der Waals surface area contributed by atoms with Gasteiger partial charge in [-0.1, -0.05) is 29.8 Å². The number of H-pyrrole nitrogens is 1. The Kier molecular flexibility index (Phi) is 6.70. The van der Waals surface area contributed by atoms with Gasteiger partial charge in [-0.3, -0.25) is 4.99 Å².